The molecular weight excluding hydrogens is 303 g/mol. The fraction of sp³-hybridized carbons (Fsp3) is 0.647. The van der Waals surface area contributed by atoms with Gasteiger partial charge in [0.2, 0.25) is 0 Å². The van der Waals surface area contributed by atoms with E-state index in [2.05, 4.69) is 4.90 Å². The van der Waals surface area contributed by atoms with Crippen LogP contribution in [0.3, 0.4) is 0 Å². The number of nitrogens with zero attached hydrogens (tertiary/aromatic N) is 1. The van der Waals surface area contributed by atoms with Crippen LogP contribution in [0.25, 0.3) is 0 Å². The van der Waals surface area contributed by atoms with Crippen molar-refractivity contribution in [2.75, 3.05) is 13.1 Å². The molecule has 1 aliphatic heterocycles. The monoisotopic (exact) mass is 326 g/mol. The molecule has 116 valence electrons. The number of benzene rings is 1. The molecule has 1 heterocycles. The average Bonchev–Trinajstić information content (AvgIpc) is 3.14. The van der Waals surface area contributed by atoms with Gasteiger partial charge in [0.25, 0.3) is 0 Å². The molecule has 1 aromatic rings. The number of likely N-dealkylation sites (tertiary alicyclic amines) is 1. The van der Waals surface area contributed by atoms with Crippen LogP contribution in [-0.2, 0) is 0 Å². The third-order valence-corrected chi connectivity index (χ3v) is 5.81. The Kier molecular flexibility index (Phi) is 5.11. The second-order valence-electron chi connectivity index (χ2n) is 6.41. The third-order valence-electron chi connectivity index (χ3n) is 5.23. The molecule has 2 unspecified atom stereocenters. The molecule has 1 saturated carbocycles. The van der Waals surface area contributed by atoms with Gasteiger partial charge in [-0.2, -0.15) is 0 Å². The Bertz CT molecular complexity index is 486. The summed E-state index contributed by atoms with van der Waals surface area (Å²) in [7, 11) is 0. The van der Waals surface area contributed by atoms with Gasteiger partial charge in [0, 0.05) is 28.7 Å². The summed E-state index contributed by atoms with van der Waals surface area (Å²) in [5.41, 5.74) is 7.22. The van der Waals surface area contributed by atoms with Crippen molar-refractivity contribution in [3.63, 3.8) is 0 Å². The van der Waals surface area contributed by atoms with Gasteiger partial charge in [0.15, 0.2) is 0 Å². The largest absolute Gasteiger partial charge is 0.329 e. The van der Waals surface area contributed by atoms with E-state index >= 15 is 0 Å². The first-order valence-corrected chi connectivity index (χ1v) is 8.87. The van der Waals surface area contributed by atoms with Gasteiger partial charge in [-0.05, 0) is 61.9 Å². The minimum Gasteiger partial charge on any atom is -0.329 e. The maximum absolute atomic E-state index is 6.41. The van der Waals surface area contributed by atoms with Crippen LogP contribution in [-0.4, -0.2) is 24.0 Å². The molecule has 1 aromatic carbocycles. The summed E-state index contributed by atoms with van der Waals surface area (Å²) in [6, 6.07) is 6.60. The predicted octanol–water partition coefficient (Wildman–Crippen LogP) is 4.65. The Morgan fingerprint density at radius 3 is 2.62 bits per heavy atom. The summed E-state index contributed by atoms with van der Waals surface area (Å²) in [4.78, 5) is 2.60. The highest BCUT2D eigenvalue weighted by molar-refractivity contribution is 6.33. The van der Waals surface area contributed by atoms with E-state index in [4.69, 9.17) is 28.9 Å². The van der Waals surface area contributed by atoms with E-state index in [1.165, 1.54) is 38.5 Å². The Balaban J connectivity index is 1.86. The second kappa shape index (κ2) is 6.87. The number of hydrogen-bond acceptors (Lipinski definition) is 2. The van der Waals surface area contributed by atoms with Gasteiger partial charge < -0.3 is 5.73 Å². The van der Waals surface area contributed by atoms with E-state index in [1.54, 1.807) is 0 Å². The van der Waals surface area contributed by atoms with E-state index < -0.39 is 0 Å². The van der Waals surface area contributed by atoms with E-state index in [9.17, 15) is 0 Å². The SMILES string of the molecule is NCC(c1cc(Cl)ccc1Cl)N1CCCC1C1CCCC1. The van der Waals surface area contributed by atoms with Gasteiger partial charge in [-0.25, -0.2) is 0 Å². The lowest BCUT2D eigenvalue weighted by Gasteiger charge is -2.36. The van der Waals surface area contributed by atoms with Crippen molar-refractivity contribution in [3.05, 3.63) is 33.8 Å². The summed E-state index contributed by atoms with van der Waals surface area (Å²) in [5.74, 6) is 0.847. The van der Waals surface area contributed by atoms with Gasteiger partial charge in [0.1, 0.15) is 0 Å². The van der Waals surface area contributed by atoms with Crippen LogP contribution < -0.4 is 5.73 Å². The molecule has 0 radical (unpaired) electrons. The van der Waals surface area contributed by atoms with Gasteiger partial charge in [0.05, 0.1) is 0 Å². The Morgan fingerprint density at radius 1 is 1.14 bits per heavy atom. The summed E-state index contributed by atoms with van der Waals surface area (Å²) in [6.45, 7) is 1.73. The van der Waals surface area contributed by atoms with Crippen LogP contribution in [0.4, 0.5) is 0 Å². The van der Waals surface area contributed by atoms with Crippen LogP contribution in [0.1, 0.15) is 50.1 Å². The van der Waals surface area contributed by atoms with Crippen LogP contribution in [0, 0.1) is 5.92 Å². The molecule has 1 saturated heterocycles. The van der Waals surface area contributed by atoms with Crippen molar-refractivity contribution < 1.29 is 0 Å². The molecule has 2 fully saturated rings. The first-order chi connectivity index (χ1) is 10.2. The quantitative estimate of drug-likeness (QED) is 0.872. The maximum Gasteiger partial charge on any atom is 0.0488 e. The molecule has 4 heteroatoms. The van der Waals surface area contributed by atoms with Gasteiger partial charge in [-0.3, -0.25) is 4.90 Å². The van der Waals surface area contributed by atoms with Crippen molar-refractivity contribution in [1.82, 2.24) is 4.90 Å². The highest BCUT2D eigenvalue weighted by atomic mass is 35.5. The highest BCUT2D eigenvalue weighted by Crippen LogP contribution is 2.40. The lowest BCUT2D eigenvalue weighted by Crippen LogP contribution is -2.40. The first kappa shape index (κ1) is 15.6. The molecule has 1 aliphatic carbocycles. The molecule has 3 rings (SSSR count). The third kappa shape index (κ3) is 3.24. The van der Waals surface area contributed by atoms with E-state index in [0.717, 1.165) is 28.1 Å². The van der Waals surface area contributed by atoms with Crippen molar-refractivity contribution in [2.24, 2.45) is 11.7 Å². The van der Waals surface area contributed by atoms with Crippen molar-refractivity contribution in [2.45, 2.75) is 50.6 Å². The number of rotatable bonds is 4. The molecule has 2 aliphatic rings. The fourth-order valence-electron chi connectivity index (χ4n) is 4.26. The molecule has 0 spiro atoms. The summed E-state index contributed by atoms with van der Waals surface area (Å²) in [6.07, 6.45) is 8.11. The van der Waals surface area contributed by atoms with Crippen LogP contribution in [0.2, 0.25) is 10.0 Å². The van der Waals surface area contributed by atoms with Gasteiger partial charge in [-0.15, -0.1) is 0 Å². The predicted molar refractivity (Wildman–Crippen MR) is 89.9 cm³/mol. The summed E-state index contributed by atoms with van der Waals surface area (Å²) < 4.78 is 0. The lowest BCUT2D eigenvalue weighted by molar-refractivity contribution is 0.138. The Hall–Kier alpha value is -0.280. The molecule has 0 aromatic heterocycles. The molecule has 2 N–H and O–H groups in total. The standard InChI is InChI=1S/C17H24Cl2N2/c18-13-7-8-15(19)14(10-13)17(11-20)21-9-3-6-16(21)12-4-1-2-5-12/h7-8,10,12,16-17H,1-6,9,11,20H2. The molecular formula is C17H24Cl2N2. The van der Waals surface area contributed by atoms with E-state index in [1.807, 2.05) is 18.2 Å². The number of hydrogen-bond donors (Lipinski definition) is 1. The zero-order valence-corrected chi connectivity index (χ0v) is 13.9. The fourth-order valence-corrected chi connectivity index (χ4v) is 4.69. The van der Waals surface area contributed by atoms with Crippen molar-refractivity contribution >= 4 is 23.2 Å². The number of halogens is 2. The average molecular weight is 327 g/mol. The summed E-state index contributed by atoms with van der Waals surface area (Å²) in [5, 5.41) is 1.52. The minimum atomic E-state index is 0.198. The van der Waals surface area contributed by atoms with Gasteiger partial charge in [-0.1, -0.05) is 36.0 Å². The number of nitrogens with two attached hydrogens (primary N) is 1. The first-order valence-electron chi connectivity index (χ1n) is 8.11. The van der Waals surface area contributed by atoms with Crippen molar-refractivity contribution in [1.29, 1.82) is 0 Å². The molecule has 21 heavy (non-hydrogen) atoms. The Labute approximate surface area is 137 Å². The topological polar surface area (TPSA) is 29.3 Å². The zero-order valence-electron chi connectivity index (χ0n) is 12.4. The zero-order chi connectivity index (χ0) is 14.8. The molecule has 0 bridgehead atoms. The van der Waals surface area contributed by atoms with E-state index in [0.29, 0.717) is 12.6 Å². The normalized spacial score (nSPS) is 25.6. The molecule has 2 atom stereocenters. The maximum atomic E-state index is 6.41. The molecule has 0 amide bonds. The summed E-state index contributed by atoms with van der Waals surface area (Å²) >= 11 is 12.6. The van der Waals surface area contributed by atoms with Crippen LogP contribution >= 0.6 is 23.2 Å². The van der Waals surface area contributed by atoms with Crippen molar-refractivity contribution in [3.8, 4) is 0 Å². The Morgan fingerprint density at radius 2 is 1.90 bits per heavy atom. The van der Waals surface area contributed by atoms with Crippen LogP contribution in [0.15, 0.2) is 18.2 Å². The lowest BCUT2D eigenvalue weighted by atomic mass is 9.94. The van der Waals surface area contributed by atoms with E-state index in [-0.39, 0.29) is 6.04 Å². The smallest absolute Gasteiger partial charge is 0.0488 e. The molecule has 2 nitrogen and oxygen atoms in total. The second-order valence-corrected chi connectivity index (χ2v) is 7.25. The highest BCUT2D eigenvalue weighted by Gasteiger charge is 2.37. The van der Waals surface area contributed by atoms with Gasteiger partial charge >= 0.3 is 0 Å². The minimum absolute atomic E-state index is 0.198. The van der Waals surface area contributed by atoms with Crippen LogP contribution in [0.5, 0.6) is 0 Å².